The molecule has 1 rings (SSSR count). The van der Waals surface area contributed by atoms with E-state index >= 15 is 0 Å². The average molecular weight is 384 g/mol. The molecule has 0 aromatic carbocycles. The van der Waals surface area contributed by atoms with Crippen LogP contribution < -0.4 is 16.4 Å². The summed E-state index contributed by atoms with van der Waals surface area (Å²) in [6.07, 6.45) is 1.06. The van der Waals surface area contributed by atoms with Crippen molar-refractivity contribution in [2.45, 2.75) is 71.6 Å². The van der Waals surface area contributed by atoms with Gasteiger partial charge < -0.3 is 21.1 Å². The summed E-state index contributed by atoms with van der Waals surface area (Å²) in [6.45, 7) is 9.23. The molecular formula is C18H32N4O5. The topological polar surface area (TPSA) is 131 Å². The summed E-state index contributed by atoms with van der Waals surface area (Å²) in [5.41, 5.74) is 4.64. The second-order valence-corrected chi connectivity index (χ2v) is 8.20. The molecule has 0 aromatic heterocycles. The van der Waals surface area contributed by atoms with Crippen LogP contribution in [0.4, 0.5) is 4.79 Å². The van der Waals surface area contributed by atoms with Gasteiger partial charge in [-0.2, -0.15) is 0 Å². The van der Waals surface area contributed by atoms with Crippen molar-refractivity contribution in [1.29, 1.82) is 0 Å². The molecule has 27 heavy (non-hydrogen) atoms. The van der Waals surface area contributed by atoms with Crippen LogP contribution in [0.5, 0.6) is 0 Å². The Morgan fingerprint density at radius 2 is 1.85 bits per heavy atom. The zero-order valence-electron chi connectivity index (χ0n) is 16.8. The van der Waals surface area contributed by atoms with E-state index in [9.17, 15) is 19.2 Å². The third-order valence-corrected chi connectivity index (χ3v) is 3.99. The quantitative estimate of drug-likeness (QED) is 0.589. The molecule has 1 saturated heterocycles. The Kier molecular flexibility index (Phi) is 8.05. The molecule has 1 aliphatic heterocycles. The minimum Gasteiger partial charge on any atom is -0.444 e. The maximum atomic E-state index is 12.4. The van der Waals surface area contributed by atoms with Crippen molar-refractivity contribution in [1.82, 2.24) is 15.5 Å². The number of carbonyl (C=O) groups excluding carboxylic acids is 4. The van der Waals surface area contributed by atoms with Crippen LogP contribution in [0.2, 0.25) is 0 Å². The molecule has 4 N–H and O–H groups in total. The molecule has 0 aliphatic carbocycles. The molecule has 1 aliphatic rings. The van der Waals surface area contributed by atoms with Crippen LogP contribution in [-0.4, -0.2) is 59.5 Å². The highest BCUT2D eigenvalue weighted by atomic mass is 16.6. The first-order chi connectivity index (χ1) is 12.4. The molecule has 1 fully saturated rings. The first-order valence-corrected chi connectivity index (χ1v) is 9.26. The summed E-state index contributed by atoms with van der Waals surface area (Å²) in [6, 6.07) is -1.45. The highest BCUT2D eigenvalue weighted by Gasteiger charge is 2.36. The lowest BCUT2D eigenvalue weighted by Gasteiger charge is -2.28. The number of nitrogens with one attached hydrogen (secondary N) is 2. The van der Waals surface area contributed by atoms with Crippen LogP contribution in [0.25, 0.3) is 0 Å². The smallest absolute Gasteiger partial charge is 0.410 e. The number of carbonyl (C=O) groups is 4. The van der Waals surface area contributed by atoms with Crippen LogP contribution in [0.1, 0.15) is 53.9 Å². The maximum Gasteiger partial charge on any atom is 0.410 e. The van der Waals surface area contributed by atoms with E-state index in [0.29, 0.717) is 25.8 Å². The fraction of sp³-hybridized carbons (Fsp3) is 0.778. The molecule has 0 saturated carbocycles. The molecule has 2 atom stereocenters. The lowest BCUT2D eigenvalue weighted by Crippen LogP contribution is -2.51. The van der Waals surface area contributed by atoms with Gasteiger partial charge in [-0.05, 0) is 46.0 Å². The number of hydrogen-bond acceptors (Lipinski definition) is 5. The second kappa shape index (κ2) is 9.57. The van der Waals surface area contributed by atoms with Crippen LogP contribution in [0.15, 0.2) is 0 Å². The van der Waals surface area contributed by atoms with Crippen molar-refractivity contribution in [3.8, 4) is 0 Å². The SMILES string of the molecule is CC(C)C[C@H](NC(=O)CNC(=O)[C@@H]1CCCN1C(=O)OC(C)(C)C)C(N)=O. The van der Waals surface area contributed by atoms with Gasteiger partial charge in [-0.15, -0.1) is 0 Å². The van der Waals surface area contributed by atoms with Gasteiger partial charge in [-0.25, -0.2) is 4.79 Å². The Bertz CT molecular complexity index is 571. The van der Waals surface area contributed by atoms with Crippen LogP contribution in [0, 0.1) is 5.92 Å². The van der Waals surface area contributed by atoms with Crippen molar-refractivity contribution in [3.05, 3.63) is 0 Å². The number of amides is 4. The molecule has 0 spiro atoms. The minimum atomic E-state index is -0.779. The van der Waals surface area contributed by atoms with Crippen LogP contribution >= 0.6 is 0 Å². The van der Waals surface area contributed by atoms with Gasteiger partial charge >= 0.3 is 6.09 Å². The van der Waals surface area contributed by atoms with Crippen molar-refractivity contribution in [2.24, 2.45) is 11.7 Å². The summed E-state index contributed by atoms with van der Waals surface area (Å²) < 4.78 is 5.32. The molecule has 1 heterocycles. The van der Waals surface area contributed by atoms with E-state index < -0.39 is 41.5 Å². The van der Waals surface area contributed by atoms with Gasteiger partial charge in [0, 0.05) is 6.54 Å². The molecule has 0 unspecified atom stereocenters. The highest BCUT2D eigenvalue weighted by Crippen LogP contribution is 2.20. The Hall–Kier alpha value is -2.32. The number of hydrogen-bond donors (Lipinski definition) is 3. The number of nitrogens with two attached hydrogens (primary N) is 1. The fourth-order valence-corrected chi connectivity index (χ4v) is 2.83. The normalized spacial score (nSPS) is 18.1. The summed E-state index contributed by atoms with van der Waals surface area (Å²) in [7, 11) is 0. The molecule has 0 radical (unpaired) electrons. The van der Waals surface area contributed by atoms with Gasteiger partial charge in [0.05, 0.1) is 6.54 Å². The van der Waals surface area contributed by atoms with E-state index in [4.69, 9.17) is 10.5 Å². The number of primary amides is 1. The molecule has 9 heteroatoms. The largest absolute Gasteiger partial charge is 0.444 e. The zero-order valence-corrected chi connectivity index (χ0v) is 16.8. The number of likely N-dealkylation sites (tertiary alicyclic amines) is 1. The van der Waals surface area contributed by atoms with E-state index in [-0.39, 0.29) is 12.5 Å². The van der Waals surface area contributed by atoms with Gasteiger partial charge in [0.2, 0.25) is 17.7 Å². The Morgan fingerprint density at radius 1 is 1.22 bits per heavy atom. The summed E-state index contributed by atoms with van der Waals surface area (Å²) >= 11 is 0. The summed E-state index contributed by atoms with van der Waals surface area (Å²) in [5.74, 6) is -1.36. The molecular weight excluding hydrogens is 352 g/mol. The Balaban J connectivity index is 2.56. The van der Waals surface area contributed by atoms with Gasteiger partial charge in [0.1, 0.15) is 17.7 Å². The third kappa shape index (κ3) is 7.84. The van der Waals surface area contributed by atoms with Crippen molar-refractivity contribution in [2.75, 3.05) is 13.1 Å². The second-order valence-electron chi connectivity index (χ2n) is 8.20. The third-order valence-electron chi connectivity index (χ3n) is 3.99. The van der Waals surface area contributed by atoms with Crippen LogP contribution in [0.3, 0.4) is 0 Å². The number of ether oxygens (including phenoxy) is 1. The van der Waals surface area contributed by atoms with Gasteiger partial charge in [0.25, 0.3) is 0 Å². The number of nitrogens with zero attached hydrogens (tertiary/aromatic N) is 1. The summed E-state index contributed by atoms with van der Waals surface area (Å²) in [4.78, 5) is 49.4. The van der Waals surface area contributed by atoms with E-state index in [1.54, 1.807) is 20.8 Å². The summed E-state index contributed by atoms with van der Waals surface area (Å²) in [5, 5.41) is 5.04. The highest BCUT2D eigenvalue weighted by molar-refractivity contribution is 5.91. The first kappa shape index (κ1) is 22.7. The fourth-order valence-electron chi connectivity index (χ4n) is 2.83. The number of rotatable bonds is 7. The van der Waals surface area contributed by atoms with Crippen molar-refractivity contribution in [3.63, 3.8) is 0 Å². The predicted molar refractivity (Wildman–Crippen MR) is 99.6 cm³/mol. The molecule has 4 amide bonds. The lowest BCUT2D eigenvalue weighted by atomic mass is 10.0. The minimum absolute atomic E-state index is 0.179. The van der Waals surface area contributed by atoms with E-state index in [0.717, 1.165) is 0 Å². The van der Waals surface area contributed by atoms with E-state index in [1.165, 1.54) is 4.90 Å². The molecule has 154 valence electrons. The van der Waals surface area contributed by atoms with Gasteiger partial charge in [-0.3, -0.25) is 19.3 Å². The molecule has 0 aromatic rings. The van der Waals surface area contributed by atoms with Crippen molar-refractivity contribution < 1.29 is 23.9 Å². The predicted octanol–water partition coefficient (Wildman–Crippen LogP) is 0.518. The zero-order chi connectivity index (χ0) is 20.8. The molecule has 9 nitrogen and oxygen atoms in total. The Morgan fingerprint density at radius 3 is 2.37 bits per heavy atom. The monoisotopic (exact) mass is 384 g/mol. The van der Waals surface area contributed by atoms with Crippen LogP contribution in [-0.2, 0) is 19.1 Å². The first-order valence-electron chi connectivity index (χ1n) is 9.26. The Labute approximate surface area is 160 Å². The van der Waals surface area contributed by atoms with Gasteiger partial charge in [0.15, 0.2) is 0 Å². The molecule has 0 bridgehead atoms. The maximum absolute atomic E-state index is 12.4. The van der Waals surface area contributed by atoms with E-state index in [1.807, 2.05) is 13.8 Å². The van der Waals surface area contributed by atoms with E-state index in [2.05, 4.69) is 10.6 Å². The standard InChI is InChI=1S/C18H32N4O5/c1-11(2)9-12(15(19)24)21-14(23)10-20-16(25)13-7-6-8-22(13)17(26)27-18(3,4)5/h11-13H,6-10H2,1-5H3,(H2,19,24)(H,20,25)(H,21,23)/t12-,13-/m0/s1. The van der Waals surface area contributed by atoms with Crippen molar-refractivity contribution >= 4 is 23.8 Å². The average Bonchev–Trinajstić information content (AvgIpc) is 2.99. The van der Waals surface area contributed by atoms with Gasteiger partial charge in [-0.1, -0.05) is 13.8 Å². The lowest BCUT2D eigenvalue weighted by molar-refractivity contribution is -0.130.